The minimum atomic E-state index is 0.699. The number of nitrogens with zero attached hydrogens (tertiary/aromatic N) is 3. The van der Waals surface area contributed by atoms with Crippen molar-refractivity contribution in [2.45, 2.75) is 13.5 Å². The normalized spacial score (nSPS) is 10.9. The van der Waals surface area contributed by atoms with Gasteiger partial charge < -0.3 is 5.32 Å². The van der Waals surface area contributed by atoms with Crippen LogP contribution in [0.25, 0.3) is 10.9 Å². The Labute approximate surface area is 122 Å². The zero-order chi connectivity index (χ0) is 14.1. The highest BCUT2D eigenvalue weighted by molar-refractivity contribution is 6.31. The maximum absolute atomic E-state index is 6.00. The lowest BCUT2D eigenvalue weighted by atomic mass is 10.2. The number of fused-ring (bicyclic) bond motifs is 1. The smallest absolute Gasteiger partial charge is 0.0737 e. The molecule has 0 atom stereocenters. The van der Waals surface area contributed by atoms with Gasteiger partial charge in [-0.15, -0.1) is 0 Å². The highest BCUT2D eigenvalue weighted by Crippen LogP contribution is 2.24. The van der Waals surface area contributed by atoms with Gasteiger partial charge in [0.25, 0.3) is 0 Å². The van der Waals surface area contributed by atoms with Crippen molar-refractivity contribution in [2.75, 3.05) is 5.32 Å². The number of rotatable bonds is 3. The second-order valence-corrected chi connectivity index (χ2v) is 5.22. The van der Waals surface area contributed by atoms with Crippen LogP contribution < -0.4 is 5.32 Å². The monoisotopic (exact) mass is 286 g/mol. The molecule has 2 aromatic heterocycles. The molecule has 0 bridgehead atoms. The quantitative estimate of drug-likeness (QED) is 0.801. The van der Waals surface area contributed by atoms with E-state index >= 15 is 0 Å². The van der Waals surface area contributed by atoms with E-state index in [0.29, 0.717) is 5.02 Å². The Balaban J connectivity index is 1.89. The highest BCUT2D eigenvalue weighted by Gasteiger charge is 2.05. The summed E-state index contributed by atoms with van der Waals surface area (Å²) < 4.78 is 1.83. The minimum Gasteiger partial charge on any atom is -0.380 e. The zero-order valence-corrected chi connectivity index (χ0v) is 12.1. The van der Waals surface area contributed by atoms with Crippen LogP contribution in [0.5, 0.6) is 0 Å². The molecule has 4 nitrogen and oxygen atoms in total. The van der Waals surface area contributed by atoms with Gasteiger partial charge in [0.15, 0.2) is 0 Å². The van der Waals surface area contributed by atoms with Gasteiger partial charge in [-0.05, 0) is 31.2 Å². The van der Waals surface area contributed by atoms with E-state index in [-0.39, 0.29) is 0 Å². The SMILES string of the molecule is Cc1nn(C)cc1CNc1ccnc2cc(Cl)ccc12. The third kappa shape index (κ3) is 2.47. The maximum atomic E-state index is 6.00. The number of halogens is 1. The third-order valence-electron chi connectivity index (χ3n) is 3.29. The summed E-state index contributed by atoms with van der Waals surface area (Å²) in [5, 5.41) is 9.55. The standard InChI is InChI=1S/C15H15ClN4/c1-10-11(9-20(2)19-10)8-18-14-5-6-17-15-7-12(16)3-4-13(14)15/h3-7,9H,8H2,1-2H3,(H,17,18). The molecule has 3 rings (SSSR count). The number of aromatic nitrogens is 3. The molecule has 0 spiro atoms. The molecule has 20 heavy (non-hydrogen) atoms. The van der Waals surface area contributed by atoms with E-state index in [9.17, 15) is 0 Å². The molecule has 0 saturated heterocycles. The van der Waals surface area contributed by atoms with Crippen molar-refractivity contribution in [3.8, 4) is 0 Å². The zero-order valence-electron chi connectivity index (χ0n) is 11.4. The molecule has 0 fully saturated rings. The number of benzene rings is 1. The van der Waals surface area contributed by atoms with Crippen LogP contribution in [0.2, 0.25) is 5.02 Å². The molecular weight excluding hydrogens is 272 g/mol. The predicted molar refractivity (Wildman–Crippen MR) is 82.0 cm³/mol. The van der Waals surface area contributed by atoms with Crippen molar-refractivity contribution in [2.24, 2.45) is 7.05 Å². The fraction of sp³-hybridized carbons (Fsp3) is 0.200. The first kappa shape index (κ1) is 12.9. The Hall–Kier alpha value is -2.07. The molecular formula is C15H15ClN4. The molecule has 0 radical (unpaired) electrons. The topological polar surface area (TPSA) is 42.7 Å². The van der Waals surface area contributed by atoms with Gasteiger partial charge >= 0.3 is 0 Å². The van der Waals surface area contributed by atoms with Crippen LogP contribution in [0.4, 0.5) is 5.69 Å². The molecule has 3 aromatic rings. The van der Waals surface area contributed by atoms with Gasteiger partial charge in [0.2, 0.25) is 0 Å². The predicted octanol–water partition coefficient (Wildman–Crippen LogP) is 3.54. The van der Waals surface area contributed by atoms with Crippen LogP contribution in [-0.2, 0) is 13.6 Å². The van der Waals surface area contributed by atoms with Gasteiger partial charge in [0.1, 0.15) is 0 Å². The van der Waals surface area contributed by atoms with Gasteiger partial charge in [-0.3, -0.25) is 9.67 Å². The number of aryl methyl sites for hydroxylation is 2. The van der Waals surface area contributed by atoms with Crippen molar-refractivity contribution < 1.29 is 0 Å². The lowest BCUT2D eigenvalue weighted by molar-refractivity contribution is 0.756. The van der Waals surface area contributed by atoms with Gasteiger partial charge in [0.05, 0.1) is 11.2 Å². The van der Waals surface area contributed by atoms with E-state index in [4.69, 9.17) is 11.6 Å². The van der Waals surface area contributed by atoms with Crippen molar-refractivity contribution in [1.29, 1.82) is 0 Å². The highest BCUT2D eigenvalue weighted by atomic mass is 35.5. The first-order chi connectivity index (χ1) is 9.63. The molecule has 0 unspecified atom stereocenters. The Morgan fingerprint density at radius 3 is 2.90 bits per heavy atom. The molecule has 102 valence electrons. The number of pyridine rings is 1. The summed E-state index contributed by atoms with van der Waals surface area (Å²) >= 11 is 6.00. The Morgan fingerprint density at radius 1 is 1.30 bits per heavy atom. The summed E-state index contributed by atoms with van der Waals surface area (Å²) in [7, 11) is 1.93. The van der Waals surface area contributed by atoms with Crippen LogP contribution in [-0.4, -0.2) is 14.8 Å². The van der Waals surface area contributed by atoms with Crippen molar-refractivity contribution in [3.63, 3.8) is 0 Å². The Kier molecular flexibility index (Phi) is 3.32. The molecule has 0 aliphatic carbocycles. The second-order valence-electron chi connectivity index (χ2n) is 4.79. The van der Waals surface area contributed by atoms with Crippen molar-refractivity contribution in [3.05, 3.63) is 52.9 Å². The number of nitrogens with one attached hydrogen (secondary N) is 1. The number of hydrogen-bond donors (Lipinski definition) is 1. The van der Waals surface area contributed by atoms with Gasteiger partial charge in [-0.1, -0.05) is 11.6 Å². The van der Waals surface area contributed by atoms with Crippen molar-refractivity contribution >= 4 is 28.2 Å². The molecule has 0 aliphatic heterocycles. The van der Waals surface area contributed by atoms with Crippen molar-refractivity contribution in [1.82, 2.24) is 14.8 Å². The second kappa shape index (κ2) is 5.13. The average Bonchev–Trinajstić information content (AvgIpc) is 2.74. The first-order valence-corrected chi connectivity index (χ1v) is 6.78. The fourth-order valence-electron chi connectivity index (χ4n) is 2.29. The fourth-order valence-corrected chi connectivity index (χ4v) is 2.45. The number of anilines is 1. The molecule has 0 saturated carbocycles. The van der Waals surface area contributed by atoms with E-state index in [1.807, 2.05) is 49.1 Å². The average molecular weight is 287 g/mol. The third-order valence-corrected chi connectivity index (χ3v) is 3.52. The van der Waals surface area contributed by atoms with Crippen LogP contribution in [0, 0.1) is 6.92 Å². The summed E-state index contributed by atoms with van der Waals surface area (Å²) in [6.45, 7) is 2.75. The summed E-state index contributed by atoms with van der Waals surface area (Å²) in [5.74, 6) is 0. The first-order valence-electron chi connectivity index (χ1n) is 6.41. The molecule has 1 N–H and O–H groups in total. The molecule has 5 heteroatoms. The molecule has 2 heterocycles. The van der Waals surface area contributed by atoms with Crippen LogP contribution >= 0.6 is 11.6 Å². The Bertz CT molecular complexity index is 764. The van der Waals surface area contributed by atoms with Gasteiger partial charge in [-0.2, -0.15) is 5.10 Å². The summed E-state index contributed by atoms with van der Waals surface area (Å²) in [6.07, 6.45) is 3.82. The van der Waals surface area contributed by atoms with E-state index in [1.54, 1.807) is 6.20 Å². The van der Waals surface area contributed by atoms with Crippen LogP contribution in [0.1, 0.15) is 11.3 Å². The molecule has 0 amide bonds. The summed E-state index contributed by atoms with van der Waals surface area (Å²) in [6, 6.07) is 7.72. The van der Waals surface area contributed by atoms with E-state index in [1.165, 1.54) is 5.56 Å². The summed E-state index contributed by atoms with van der Waals surface area (Å²) in [5.41, 5.74) is 4.17. The minimum absolute atomic E-state index is 0.699. The number of hydrogen-bond acceptors (Lipinski definition) is 3. The summed E-state index contributed by atoms with van der Waals surface area (Å²) in [4.78, 5) is 4.34. The Morgan fingerprint density at radius 2 is 2.15 bits per heavy atom. The molecule has 1 aromatic carbocycles. The maximum Gasteiger partial charge on any atom is 0.0737 e. The van der Waals surface area contributed by atoms with Crippen LogP contribution in [0.3, 0.4) is 0 Å². The van der Waals surface area contributed by atoms with E-state index in [0.717, 1.165) is 28.8 Å². The van der Waals surface area contributed by atoms with Gasteiger partial charge in [0, 0.05) is 47.6 Å². The van der Waals surface area contributed by atoms with Gasteiger partial charge in [-0.25, -0.2) is 0 Å². The van der Waals surface area contributed by atoms with E-state index < -0.39 is 0 Å². The lowest BCUT2D eigenvalue weighted by Gasteiger charge is -2.09. The lowest BCUT2D eigenvalue weighted by Crippen LogP contribution is -2.00. The van der Waals surface area contributed by atoms with E-state index in [2.05, 4.69) is 15.4 Å². The largest absolute Gasteiger partial charge is 0.380 e. The molecule has 0 aliphatic rings. The van der Waals surface area contributed by atoms with Crippen LogP contribution in [0.15, 0.2) is 36.7 Å².